The van der Waals surface area contributed by atoms with E-state index in [0.717, 1.165) is 17.2 Å². The first-order valence-corrected chi connectivity index (χ1v) is 7.27. The summed E-state index contributed by atoms with van der Waals surface area (Å²) in [6.45, 7) is 5.81. The minimum absolute atomic E-state index is 0.806. The third-order valence-corrected chi connectivity index (χ3v) is 4.21. The van der Waals surface area contributed by atoms with Crippen LogP contribution in [0.3, 0.4) is 0 Å². The Bertz CT molecular complexity index is 147. The highest BCUT2D eigenvalue weighted by Gasteiger charge is 2.20. The van der Waals surface area contributed by atoms with Crippen LogP contribution in [-0.4, -0.2) is 24.1 Å². The molecule has 0 bridgehead atoms. The molecule has 1 rings (SSSR count). The van der Waals surface area contributed by atoms with E-state index in [4.69, 9.17) is 0 Å². The van der Waals surface area contributed by atoms with E-state index < -0.39 is 0 Å². The Balaban J connectivity index is 2.11. The Hall–Kier alpha value is 0.310. The second-order valence-corrected chi connectivity index (χ2v) is 6.00. The molecular weight excluding hydrogens is 190 g/mol. The van der Waals surface area contributed by atoms with Gasteiger partial charge in [0.25, 0.3) is 0 Å². The molecular formula is C12H25NS. The summed E-state index contributed by atoms with van der Waals surface area (Å²) in [6.07, 6.45) is 9.21. The van der Waals surface area contributed by atoms with Gasteiger partial charge in [-0.15, -0.1) is 0 Å². The minimum Gasteiger partial charge on any atom is -0.314 e. The Morgan fingerprint density at radius 2 is 2.14 bits per heavy atom. The Morgan fingerprint density at radius 1 is 1.36 bits per heavy atom. The van der Waals surface area contributed by atoms with Gasteiger partial charge in [-0.3, -0.25) is 0 Å². The lowest BCUT2D eigenvalue weighted by atomic mass is 9.95. The molecule has 2 atom stereocenters. The summed E-state index contributed by atoms with van der Waals surface area (Å²) in [5, 5.41) is 4.62. The summed E-state index contributed by atoms with van der Waals surface area (Å²) < 4.78 is 0. The lowest BCUT2D eigenvalue weighted by Gasteiger charge is -2.29. The Kier molecular flexibility index (Phi) is 5.95. The van der Waals surface area contributed by atoms with Crippen molar-refractivity contribution in [2.75, 3.05) is 12.8 Å². The smallest absolute Gasteiger partial charge is 0.00776 e. The maximum atomic E-state index is 3.70. The first kappa shape index (κ1) is 12.4. The summed E-state index contributed by atoms with van der Waals surface area (Å²) in [5.41, 5.74) is 0. The number of rotatable bonds is 5. The van der Waals surface area contributed by atoms with Gasteiger partial charge in [0.1, 0.15) is 0 Å². The Labute approximate surface area is 93.4 Å². The van der Waals surface area contributed by atoms with Crippen molar-refractivity contribution in [1.82, 2.24) is 5.32 Å². The van der Waals surface area contributed by atoms with Crippen LogP contribution in [0, 0.1) is 5.92 Å². The maximum absolute atomic E-state index is 3.70. The minimum atomic E-state index is 0.806. The van der Waals surface area contributed by atoms with Crippen LogP contribution in [0.25, 0.3) is 0 Å². The fourth-order valence-corrected chi connectivity index (χ4v) is 2.95. The highest BCUT2D eigenvalue weighted by molar-refractivity contribution is 7.99. The molecule has 2 heteroatoms. The van der Waals surface area contributed by atoms with E-state index in [-0.39, 0.29) is 0 Å². The largest absolute Gasteiger partial charge is 0.314 e. The number of hydrogen-bond acceptors (Lipinski definition) is 2. The fraction of sp³-hybridized carbons (Fsp3) is 1.00. The molecule has 1 aliphatic rings. The van der Waals surface area contributed by atoms with Crippen LogP contribution in [0.5, 0.6) is 0 Å². The van der Waals surface area contributed by atoms with Crippen LogP contribution in [0.4, 0.5) is 0 Å². The monoisotopic (exact) mass is 215 g/mol. The molecule has 84 valence electrons. The summed E-state index contributed by atoms with van der Waals surface area (Å²) in [6, 6.07) is 0.806. The standard InChI is InChI=1S/C12H25NS/c1-10(2)7-8-13-11-5-4-6-12(9-11)14-3/h10-13H,4-9H2,1-3H3. The molecule has 0 heterocycles. The molecule has 1 nitrogen and oxygen atoms in total. The quantitative estimate of drug-likeness (QED) is 0.755. The molecule has 1 N–H and O–H groups in total. The van der Waals surface area contributed by atoms with Crippen molar-refractivity contribution in [2.24, 2.45) is 5.92 Å². The normalized spacial score (nSPS) is 28.3. The highest BCUT2D eigenvalue weighted by atomic mass is 32.2. The zero-order chi connectivity index (χ0) is 10.4. The predicted molar refractivity (Wildman–Crippen MR) is 67.0 cm³/mol. The predicted octanol–water partition coefficient (Wildman–Crippen LogP) is 3.30. The van der Waals surface area contributed by atoms with Crippen LogP contribution in [0.2, 0.25) is 0 Å². The second kappa shape index (κ2) is 6.73. The average molecular weight is 215 g/mol. The first-order chi connectivity index (χ1) is 6.72. The second-order valence-electron chi connectivity index (χ2n) is 4.86. The van der Waals surface area contributed by atoms with E-state index >= 15 is 0 Å². The molecule has 0 radical (unpaired) electrons. The molecule has 0 aromatic heterocycles. The van der Waals surface area contributed by atoms with Gasteiger partial charge in [-0.1, -0.05) is 20.3 Å². The molecule has 14 heavy (non-hydrogen) atoms. The van der Waals surface area contributed by atoms with Gasteiger partial charge in [0.2, 0.25) is 0 Å². The van der Waals surface area contributed by atoms with E-state index in [2.05, 4.69) is 25.4 Å². The summed E-state index contributed by atoms with van der Waals surface area (Å²) in [5.74, 6) is 0.836. The van der Waals surface area contributed by atoms with E-state index in [1.165, 1.54) is 38.6 Å². The van der Waals surface area contributed by atoms with Gasteiger partial charge in [-0.25, -0.2) is 0 Å². The van der Waals surface area contributed by atoms with Gasteiger partial charge in [0, 0.05) is 11.3 Å². The maximum Gasteiger partial charge on any atom is 0.00776 e. The van der Waals surface area contributed by atoms with Crippen molar-refractivity contribution in [3.8, 4) is 0 Å². The van der Waals surface area contributed by atoms with Crippen LogP contribution in [0.1, 0.15) is 46.0 Å². The van der Waals surface area contributed by atoms with Gasteiger partial charge in [0.05, 0.1) is 0 Å². The van der Waals surface area contributed by atoms with Crippen LogP contribution in [-0.2, 0) is 0 Å². The van der Waals surface area contributed by atoms with Crippen LogP contribution < -0.4 is 5.32 Å². The molecule has 0 aromatic carbocycles. The van der Waals surface area contributed by atoms with Crippen LogP contribution in [0.15, 0.2) is 0 Å². The zero-order valence-corrected chi connectivity index (χ0v) is 10.7. The number of thioether (sulfide) groups is 1. The third kappa shape index (κ3) is 4.70. The molecule has 1 aliphatic carbocycles. The van der Waals surface area contributed by atoms with Crippen molar-refractivity contribution in [3.05, 3.63) is 0 Å². The first-order valence-electron chi connectivity index (χ1n) is 5.98. The number of hydrogen-bond donors (Lipinski definition) is 1. The number of nitrogens with one attached hydrogen (secondary N) is 1. The van der Waals surface area contributed by atoms with E-state index in [0.29, 0.717) is 0 Å². The summed E-state index contributed by atoms with van der Waals surface area (Å²) >= 11 is 2.05. The molecule has 1 fully saturated rings. The van der Waals surface area contributed by atoms with Gasteiger partial charge < -0.3 is 5.32 Å². The molecule has 2 unspecified atom stereocenters. The Morgan fingerprint density at radius 3 is 2.79 bits per heavy atom. The molecule has 1 saturated carbocycles. The van der Waals surface area contributed by atoms with E-state index in [9.17, 15) is 0 Å². The summed E-state index contributed by atoms with van der Waals surface area (Å²) in [4.78, 5) is 0. The van der Waals surface area contributed by atoms with E-state index in [1.807, 2.05) is 11.8 Å². The molecule has 0 aromatic rings. The van der Waals surface area contributed by atoms with Crippen molar-refractivity contribution < 1.29 is 0 Å². The molecule has 0 saturated heterocycles. The van der Waals surface area contributed by atoms with Gasteiger partial charge in [-0.05, 0) is 44.4 Å². The lowest BCUT2D eigenvalue weighted by molar-refractivity contribution is 0.370. The van der Waals surface area contributed by atoms with E-state index in [1.54, 1.807) is 0 Å². The van der Waals surface area contributed by atoms with Crippen molar-refractivity contribution in [1.29, 1.82) is 0 Å². The SMILES string of the molecule is CSC1CCCC(NCCC(C)C)C1. The molecule has 0 amide bonds. The average Bonchev–Trinajstić information content (AvgIpc) is 2.18. The molecule has 0 spiro atoms. The zero-order valence-electron chi connectivity index (χ0n) is 9.88. The van der Waals surface area contributed by atoms with Gasteiger partial charge >= 0.3 is 0 Å². The third-order valence-electron chi connectivity index (χ3n) is 3.11. The lowest BCUT2D eigenvalue weighted by Crippen LogP contribution is -2.35. The van der Waals surface area contributed by atoms with Crippen molar-refractivity contribution in [3.63, 3.8) is 0 Å². The van der Waals surface area contributed by atoms with Crippen LogP contribution >= 0.6 is 11.8 Å². The van der Waals surface area contributed by atoms with Gasteiger partial charge in [-0.2, -0.15) is 11.8 Å². The van der Waals surface area contributed by atoms with Gasteiger partial charge in [0.15, 0.2) is 0 Å². The molecule has 0 aliphatic heterocycles. The highest BCUT2D eigenvalue weighted by Crippen LogP contribution is 2.26. The fourth-order valence-electron chi connectivity index (χ4n) is 2.12. The summed E-state index contributed by atoms with van der Waals surface area (Å²) in [7, 11) is 0. The van der Waals surface area contributed by atoms with Crippen molar-refractivity contribution >= 4 is 11.8 Å². The van der Waals surface area contributed by atoms with Crippen molar-refractivity contribution in [2.45, 2.75) is 57.2 Å². The topological polar surface area (TPSA) is 12.0 Å².